The molecule has 1 unspecified atom stereocenters. The molecule has 2 aliphatic heterocycles. The zero-order valence-corrected chi connectivity index (χ0v) is 16.3. The van der Waals surface area contributed by atoms with Crippen LogP contribution in [0.3, 0.4) is 0 Å². The first-order valence-corrected chi connectivity index (χ1v) is 10.3. The first-order chi connectivity index (χ1) is 13.7. The van der Waals surface area contributed by atoms with Crippen LogP contribution in [0.2, 0.25) is 0 Å². The summed E-state index contributed by atoms with van der Waals surface area (Å²) in [5.41, 5.74) is 3.06. The molecule has 0 bridgehead atoms. The minimum absolute atomic E-state index is 0.113. The molecule has 5 nitrogen and oxygen atoms in total. The van der Waals surface area contributed by atoms with Crippen LogP contribution >= 0.6 is 0 Å². The topological polar surface area (TPSA) is 56.7 Å². The van der Waals surface area contributed by atoms with Gasteiger partial charge in [-0.15, -0.1) is 0 Å². The summed E-state index contributed by atoms with van der Waals surface area (Å²) in [5, 5.41) is 9.33. The number of hydrogen-bond donors (Lipinski definition) is 1. The van der Waals surface area contributed by atoms with E-state index in [1.807, 2.05) is 17.0 Å². The molecule has 1 atom stereocenters. The number of aromatic nitrogens is 1. The van der Waals surface area contributed by atoms with Crippen LogP contribution in [0.15, 0.2) is 48.8 Å². The average molecular weight is 380 g/mol. The van der Waals surface area contributed by atoms with Crippen LogP contribution in [0.25, 0.3) is 0 Å². The molecule has 0 spiro atoms. The zero-order chi connectivity index (χ0) is 19.3. The van der Waals surface area contributed by atoms with Gasteiger partial charge in [0.15, 0.2) is 0 Å². The predicted octanol–water partition coefficient (Wildman–Crippen LogP) is 2.74. The Kier molecular flexibility index (Phi) is 6.03. The van der Waals surface area contributed by atoms with Gasteiger partial charge in [0, 0.05) is 43.6 Å². The van der Waals surface area contributed by atoms with Crippen LogP contribution in [-0.2, 0) is 13.0 Å². The van der Waals surface area contributed by atoms with Crippen molar-refractivity contribution in [3.63, 3.8) is 0 Å². The Balaban J connectivity index is 1.27. The van der Waals surface area contributed by atoms with E-state index < -0.39 is 0 Å². The van der Waals surface area contributed by atoms with E-state index in [1.54, 1.807) is 24.5 Å². The maximum atomic E-state index is 12.6. The molecule has 1 N–H and O–H groups in total. The molecule has 2 aromatic rings. The van der Waals surface area contributed by atoms with Crippen LogP contribution < -0.4 is 0 Å². The largest absolute Gasteiger partial charge is 0.392 e. The first kappa shape index (κ1) is 19.1. The molecule has 1 aromatic heterocycles. The van der Waals surface area contributed by atoms with Gasteiger partial charge in [-0.05, 0) is 61.4 Å². The summed E-state index contributed by atoms with van der Waals surface area (Å²) in [6.07, 6.45) is 7.80. The van der Waals surface area contributed by atoms with Crippen molar-refractivity contribution >= 4 is 5.91 Å². The number of piperidine rings is 1. The predicted molar refractivity (Wildman–Crippen MR) is 109 cm³/mol. The van der Waals surface area contributed by atoms with Gasteiger partial charge in [0.05, 0.1) is 6.61 Å². The van der Waals surface area contributed by atoms with E-state index in [1.165, 1.54) is 12.0 Å². The molecule has 2 fully saturated rings. The number of rotatable bonds is 5. The van der Waals surface area contributed by atoms with Crippen molar-refractivity contribution in [1.82, 2.24) is 14.8 Å². The fraction of sp³-hybridized carbons (Fsp3) is 0.478. The molecule has 2 saturated heterocycles. The molecule has 0 aliphatic carbocycles. The number of aliphatic hydroxyl groups excluding tert-OH is 1. The van der Waals surface area contributed by atoms with Crippen LogP contribution in [-0.4, -0.2) is 58.0 Å². The normalized spacial score (nSPS) is 21.2. The lowest BCUT2D eigenvalue weighted by molar-refractivity contribution is 0.0641. The number of nitrogens with zero attached hydrogens (tertiary/aromatic N) is 3. The van der Waals surface area contributed by atoms with Crippen molar-refractivity contribution in [2.45, 2.75) is 38.3 Å². The van der Waals surface area contributed by atoms with Crippen LogP contribution in [0.5, 0.6) is 0 Å². The highest BCUT2D eigenvalue weighted by molar-refractivity contribution is 5.94. The number of likely N-dealkylation sites (tertiary alicyclic amines) is 2. The lowest BCUT2D eigenvalue weighted by Crippen LogP contribution is -2.46. The summed E-state index contributed by atoms with van der Waals surface area (Å²) >= 11 is 0. The van der Waals surface area contributed by atoms with Crippen molar-refractivity contribution in [3.8, 4) is 0 Å². The molecule has 4 rings (SSSR count). The Bertz CT molecular complexity index is 787. The fourth-order valence-corrected chi connectivity index (χ4v) is 4.66. The summed E-state index contributed by atoms with van der Waals surface area (Å²) < 4.78 is 0. The summed E-state index contributed by atoms with van der Waals surface area (Å²) in [7, 11) is 0. The van der Waals surface area contributed by atoms with Gasteiger partial charge in [-0.3, -0.25) is 14.7 Å². The lowest BCUT2D eigenvalue weighted by atomic mass is 9.97. The van der Waals surface area contributed by atoms with Crippen molar-refractivity contribution in [3.05, 3.63) is 65.5 Å². The Labute approximate surface area is 167 Å². The monoisotopic (exact) mass is 379 g/mol. The molecule has 0 saturated carbocycles. The molecule has 148 valence electrons. The Morgan fingerprint density at radius 2 is 1.79 bits per heavy atom. The number of pyridine rings is 1. The second-order valence-electron chi connectivity index (χ2n) is 8.09. The second-order valence-corrected chi connectivity index (χ2v) is 8.09. The molecule has 3 heterocycles. The summed E-state index contributed by atoms with van der Waals surface area (Å²) in [6, 6.07) is 12.5. The standard InChI is InChI=1S/C23H29N3O2/c27-17-20-3-1-2-18(15-20)14-19-6-11-26(16-19)22-7-12-25(13-8-22)23(28)21-4-9-24-10-5-21/h1-5,9-10,15,19,22,27H,6-8,11-14,16-17H2. The van der Waals surface area contributed by atoms with E-state index in [2.05, 4.69) is 22.0 Å². The fourth-order valence-electron chi connectivity index (χ4n) is 4.66. The number of aliphatic hydroxyl groups is 1. The molecule has 0 radical (unpaired) electrons. The zero-order valence-electron chi connectivity index (χ0n) is 16.3. The minimum atomic E-state index is 0.113. The van der Waals surface area contributed by atoms with E-state index in [-0.39, 0.29) is 12.5 Å². The summed E-state index contributed by atoms with van der Waals surface area (Å²) in [6.45, 7) is 4.10. The minimum Gasteiger partial charge on any atom is -0.392 e. The maximum absolute atomic E-state index is 12.6. The van der Waals surface area contributed by atoms with Gasteiger partial charge in [-0.1, -0.05) is 24.3 Å². The molecule has 1 amide bonds. The molecule has 1 aromatic carbocycles. The second kappa shape index (κ2) is 8.84. The van der Waals surface area contributed by atoms with Gasteiger partial charge in [0.25, 0.3) is 5.91 Å². The third-order valence-corrected chi connectivity index (χ3v) is 6.21. The maximum Gasteiger partial charge on any atom is 0.253 e. The van der Waals surface area contributed by atoms with Crippen molar-refractivity contribution in [2.24, 2.45) is 5.92 Å². The Hall–Kier alpha value is -2.24. The smallest absolute Gasteiger partial charge is 0.253 e. The van der Waals surface area contributed by atoms with Gasteiger partial charge in [-0.2, -0.15) is 0 Å². The number of carbonyl (C=O) groups excluding carboxylic acids is 1. The Morgan fingerprint density at radius 1 is 1.04 bits per heavy atom. The average Bonchev–Trinajstić information content (AvgIpc) is 3.22. The third kappa shape index (κ3) is 4.42. The highest BCUT2D eigenvalue weighted by Crippen LogP contribution is 2.27. The van der Waals surface area contributed by atoms with Crippen molar-refractivity contribution in [1.29, 1.82) is 0 Å². The van der Waals surface area contributed by atoms with E-state index in [9.17, 15) is 9.90 Å². The third-order valence-electron chi connectivity index (χ3n) is 6.21. The first-order valence-electron chi connectivity index (χ1n) is 10.3. The highest BCUT2D eigenvalue weighted by atomic mass is 16.3. The number of hydrogen-bond acceptors (Lipinski definition) is 4. The highest BCUT2D eigenvalue weighted by Gasteiger charge is 2.32. The molecular weight excluding hydrogens is 350 g/mol. The van der Waals surface area contributed by atoms with Gasteiger partial charge in [0.1, 0.15) is 0 Å². The molecule has 5 heteroatoms. The van der Waals surface area contributed by atoms with Gasteiger partial charge >= 0.3 is 0 Å². The molecule has 28 heavy (non-hydrogen) atoms. The van der Waals surface area contributed by atoms with Gasteiger partial charge in [0.2, 0.25) is 0 Å². The number of benzene rings is 1. The molecular formula is C23H29N3O2. The number of amides is 1. The van der Waals surface area contributed by atoms with Crippen molar-refractivity contribution in [2.75, 3.05) is 26.2 Å². The van der Waals surface area contributed by atoms with Gasteiger partial charge < -0.3 is 10.0 Å². The summed E-state index contributed by atoms with van der Waals surface area (Å²) in [4.78, 5) is 21.2. The Morgan fingerprint density at radius 3 is 2.54 bits per heavy atom. The number of carbonyl (C=O) groups is 1. The lowest BCUT2D eigenvalue weighted by Gasteiger charge is -2.37. The summed E-state index contributed by atoms with van der Waals surface area (Å²) in [5.74, 6) is 0.814. The van der Waals surface area contributed by atoms with E-state index in [4.69, 9.17) is 0 Å². The SMILES string of the molecule is O=C(c1ccncc1)N1CCC(N2CCC(Cc3cccc(CO)c3)C2)CC1. The van der Waals surface area contributed by atoms with E-state index in [0.717, 1.165) is 56.6 Å². The quantitative estimate of drug-likeness (QED) is 0.868. The van der Waals surface area contributed by atoms with E-state index >= 15 is 0 Å². The van der Waals surface area contributed by atoms with Crippen molar-refractivity contribution < 1.29 is 9.90 Å². The van der Waals surface area contributed by atoms with Gasteiger partial charge in [-0.25, -0.2) is 0 Å². The molecule has 2 aliphatic rings. The van der Waals surface area contributed by atoms with E-state index in [0.29, 0.717) is 12.0 Å². The van der Waals surface area contributed by atoms with Crippen LogP contribution in [0.1, 0.15) is 40.7 Å². The van der Waals surface area contributed by atoms with Crippen LogP contribution in [0, 0.1) is 5.92 Å². The van der Waals surface area contributed by atoms with Crippen LogP contribution in [0.4, 0.5) is 0 Å².